The zero-order valence-corrected chi connectivity index (χ0v) is 18.1. The lowest BCUT2D eigenvalue weighted by Gasteiger charge is -2.37. The highest BCUT2D eigenvalue weighted by atomic mass is 127. The average molecular weight is 458 g/mol. The lowest BCUT2D eigenvalue weighted by atomic mass is 9.89. The number of rotatable bonds is 4. The van der Waals surface area contributed by atoms with Crippen LogP contribution in [-0.2, 0) is 11.3 Å². The number of carbonyl (C=O) groups is 1. The van der Waals surface area contributed by atoms with E-state index < -0.39 is 0 Å². The molecule has 0 aromatic heterocycles. The fraction of sp³-hybridized carbons (Fsp3) is 0.579. The second-order valence-corrected chi connectivity index (χ2v) is 6.96. The Morgan fingerprint density at radius 2 is 1.92 bits per heavy atom. The van der Waals surface area contributed by atoms with Gasteiger partial charge in [-0.15, -0.1) is 24.0 Å². The van der Waals surface area contributed by atoms with Crippen molar-refractivity contribution in [3.05, 3.63) is 35.9 Å². The molecule has 1 heterocycles. The molecule has 1 saturated heterocycles. The van der Waals surface area contributed by atoms with Gasteiger partial charge in [0, 0.05) is 27.2 Å². The molecular weight excluding hydrogens is 427 g/mol. The van der Waals surface area contributed by atoms with Crippen LogP contribution in [0, 0.1) is 11.8 Å². The maximum absolute atomic E-state index is 11.9. The summed E-state index contributed by atoms with van der Waals surface area (Å²) in [5, 5.41) is 3.26. The second kappa shape index (κ2) is 10.6. The largest absolute Gasteiger partial charge is 0.347 e. The van der Waals surface area contributed by atoms with Crippen molar-refractivity contribution in [2.45, 2.75) is 26.8 Å². The zero-order valence-electron chi connectivity index (χ0n) is 15.7. The first-order valence-corrected chi connectivity index (χ1v) is 8.74. The van der Waals surface area contributed by atoms with Crippen LogP contribution in [-0.4, -0.2) is 55.4 Å². The number of nitrogens with zero attached hydrogens (tertiary/aromatic N) is 3. The summed E-state index contributed by atoms with van der Waals surface area (Å²) in [6, 6.07) is 10.2. The zero-order chi connectivity index (χ0) is 17.5. The van der Waals surface area contributed by atoms with E-state index in [0.717, 1.165) is 31.4 Å². The number of hydrogen-bond donors (Lipinski definition) is 1. The first-order chi connectivity index (χ1) is 11.5. The fourth-order valence-electron chi connectivity index (χ4n) is 2.79. The number of likely N-dealkylation sites (N-methyl/N-ethyl adjacent to an activating group) is 1. The van der Waals surface area contributed by atoms with Gasteiger partial charge in [0.05, 0.1) is 13.1 Å². The van der Waals surface area contributed by atoms with Gasteiger partial charge in [0.15, 0.2) is 5.96 Å². The molecule has 1 aromatic carbocycles. The highest BCUT2D eigenvalue weighted by molar-refractivity contribution is 14.0. The topological polar surface area (TPSA) is 47.9 Å². The van der Waals surface area contributed by atoms with Crippen LogP contribution >= 0.6 is 24.0 Å². The molecule has 0 radical (unpaired) electrons. The van der Waals surface area contributed by atoms with E-state index in [4.69, 9.17) is 4.99 Å². The summed E-state index contributed by atoms with van der Waals surface area (Å²) in [7, 11) is 3.55. The lowest BCUT2D eigenvalue weighted by Crippen LogP contribution is -2.50. The molecule has 6 heteroatoms. The van der Waals surface area contributed by atoms with Gasteiger partial charge in [0.1, 0.15) is 0 Å². The molecule has 0 saturated carbocycles. The summed E-state index contributed by atoms with van der Waals surface area (Å²) < 4.78 is 0. The Kier molecular flexibility index (Phi) is 9.24. The van der Waals surface area contributed by atoms with Gasteiger partial charge in [0.2, 0.25) is 5.91 Å². The molecule has 1 aliphatic heterocycles. The number of amides is 1. The van der Waals surface area contributed by atoms with Crippen LogP contribution in [0.5, 0.6) is 0 Å². The van der Waals surface area contributed by atoms with Crippen LogP contribution in [0.1, 0.15) is 25.8 Å². The van der Waals surface area contributed by atoms with Crippen molar-refractivity contribution < 1.29 is 4.79 Å². The molecule has 140 valence electrons. The summed E-state index contributed by atoms with van der Waals surface area (Å²) in [5.74, 6) is 2.26. The summed E-state index contributed by atoms with van der Waals surface area (Å²) in [6.45, 7) is 7.48. The summed E-state index contributed by atoms with van der Waals surface area (Å²) in [4.78, 5) is 20.6. The van der Waals surface area contributed by atoms with Crippen LogP contribution in [0.3, 0.4) is 0 Å². The van der Waals surface area contributed by atoms with E-state index in [1.54, 1.807) is 19.0 Å². The Bertz CT molecular complexity index is 562. The summed E-state index contributed by atoms with van der Waals surface area (Å²) >= 11 is 0. The maximum Gasteiger partial charge on any atom is 0.241 e. The normalized spacial score (nSPS) is 20.6. The third-order valence-corrected chi connectivity index (χ3v) is 4.78. The molecule has 1 N–H and O–H groups in total. The molecule has 1 amide bonds. The molecule has 5 nitrogen and oxygen atoms in total. The maximum atomic E-state index is 11.9. The molecular formula is C19H31IN4O. The van der Waals surface area contributed by atoms with Crippen molar-refractivity contribution >= 4 is 35.8 Å². The van der Waals surface area contributed by atoms with Gasteiger partial charge in [-0.2, -0.15) is 0 Å². The standard InChI is InChI=1S/C19H30N4O.HI/c1-15-10-11-23(14-16(15)2)19(21-13-18(24)22(3)4)20-12-17-8-6-5-7-9-17;/h5-9,15-16H,10-14H2,1-4H3,(H,20,21);1H. The minimum Gasteiger partial charge on any atom is -0.347 e. The van der Waals surface area contributed by atoms with Gasteiger partial charge >= 0.3 is 0 Å². The lowest BCUT2D eigenvalue weighted by molar-refractivity contribution is -0.127. The first kappa shape index (κ1) is 21.7. The number of guanidine groups is 1. The van der Waals surface area contributed by atoms with Crippen molar-refractivity contribution in [3.8, 4) is 0 Å². The number of piperidine rings is 1. The Hall–Kier alpha value is -1.31. The number of benzene rings is 1. The smallest absolute Gasteiger partial charge is 0.241 e. The van der Waals surface area contributed by atoms with Crippen molar-refractivity contribution in [2.75, 3.05) is 33.7 Å². The van der Waals surface area contributed by atoms with Gasteiger partial charge in [-0.3, -0.25) is 4.79 Å². The molecule has 2 unspecified atom stereocenters. The Balaban J connectivity index is 0.00000312. The van der Waals surface area contributed by atoms with Crippen molar-refractivity contribution in [1.82, 2.24) is 15.1 Å². The molecule has 1 aromatic rings. The number of hydrogen-bond acceptors (Lipinski definition) is 2. The number of nitrogens with one attached hydrogen (secondary N) is 1. The monoisotopic (exact) mass is 458 g/mol. The van der Waals surface area contributed by atoms with E-state index in [-0.39, 0.29) is 36.4 Å². The predicted molar refractivity (Wildman–Crippen MR) is 114 cm³/mol. The average Bonchev–Trinajstić information content (AvgIpc) is 2.58. The van der Waals surface area contributed by atoms with Crippen LogP contribution in [0.15, 0.2) is 35.3 Å². The molecule has 2 atom stereocenters. The Morgan fingerprint density at radius 3 is 2.52 bits per heavy atom. The number of aliphatic imine (C=N–C) groups is 1. The quantitative estimate of drug-likeness (QED) is 0.429. The minimum atomic E-state index is 0. The fourth-order valence-corrected chi connectivity index (χ4v) is 2.79. The Morgan fingerprint density at radius 1 is 1.24 bits per heavy atom. The molecule has 1 aliphatic rings. The van der Waals surface area contributed by atoms with E-state index in [1.807, 2.05) is 18.2 Å². The van der Waals surface area contributed by atoms with Crippen LogP contribution < -0.4 is 5.32 Å². The third-order valence-electron chi connectivity index (χ3n) is 4.78. The highest BCUT2D eigenvalue weighted by Crippen LogP contribution is 2.22. The molecule has 25 heavy (non-hydrogen) atoms. The number of likely N-dealkylation sites (tertiary alicyclic amines) is 1. The van der Waals surface area contributed by atoms with E-state index in [9.17, 15) is 4.79 Å². The van der Waals surface area contributed by atoms with Gasteiger partial charge in [-0.1, -0.05) is 44.2 Å². The van der Waals surface area contributed by atoms with E-state index in [2.05, 4.69) is 36.2 Å². The van der Waals surface area contributed by atoms with Crippen LogP contribution in [0.4, 0.5) is 0 Å². The van der Waals surface area contributed by atoms with Crippen molar-refractivity contribution in [3.63, 3.8) is 0 Å². The molecule has 2 rings (SSSR count). The van der Waals surface area contributed by atoms with Crippen LogP contribution in [0.25, 0.3) is 0 Å². The SMILES string of the molecule is CC1CCN(C(=NCc2ccccc2)NCC(=O)N(C)C)CC1C.I. The molecule has 0 aliphatic carbocycles. The summed E-state index contributed by atoms with van der Waals surface area (Å²) in [5.41, 5.74) is 1.18. The molecule has 0 bridgehead atoms. The van der Waals surface area contributed by atoms with E-state index in [0.29, 0.717) is 12.5 Å². The first-order valence-electron chi connectivity index (χ1n) is 8.74. The van der Waals surface area contributed by atoms with Crippen molar-refractivity contribution in [2.24, 2.45) is 16.8 Å². The number of halogens is 1. The molecule has 1 fully saturated rings. The third kappa shape index (κ3) is 6.84. The van der Waals surface area contributed by atoms with Gasteiger partial charge in [-0.25, -0.2) is 4.99 Å². The Labute approximate surface area is 168 Å². The van der Waals surface area contributed by atoms with Gasteiger partial charge in [0.25, 0.3) is 0 Å². The van der Waals surface area contributed by atoms with E-state index >= 15 is 0 Å². The van der Waals surface area contributed by atoms with Crippen molar-refractivity contribution in [1.29, 1.82) is 0 Å². The summed E-state index contributed by atoms with van der Waals surface area (Å²) in [6.07, 6.45) is 1.16. The van der Waals surface area contributed by atoms with E-state index in [1.165, 1.54) is 5.56 Å². The second-order valence-electron chi connectivity index (χ2n) is 6.96. The molecule has 0 spiro atoms. The van der Waals surface area contributed by atoms with Gasteiger partial charge in [-0.05, 0) is 23.8 Å². The number of carbonyl (C=O) groups excluding carboxylic acids is 1. The van der Waals surface area contributed by atoms with Crippen LogP contribution in [0.2, 0.25) is 0 Å². The highest BCUT2D eigenvalue weighted by Gasteiger charge is 2.25. The minimum absolute atomic E-state index is 0. The predicted octanol–water partition coefficient (Wildman–Crippen LogP) is 2.82. The van der Waals surface area contributed by atoms with Gasteiger partial charge < -0.3 is 15.1 Å².